The van der Waals surface area contributed by atoms with Gasteiger partial charge in [0, 0.05) is 13.0 Å². The van der Waals surface area contributed by atoms with Gasteiger partial charge in [-0.15, -0.1) is 0 Å². The van der Waals surface area contributed by atoms with Crippen LogP contribution in [0.5, 0.6) is 5.75 Å². The van der Waals surface area contributed by atoms with E-state index in [2.05, 4.69) is 19.0 Å². The predicted octanol–water partition coefficient (Wildman–Crippen LogP) is 2.42. The Morgan fingerprint density at radius 2 is 1.90 bits per heavy atom. The minimum Gasteiger partial charge on any atom is -0.491 e. The molecule has 0 radical (unpaired) electrons. The lowest BCUT2D eigenvalue weighted by Crippen LogP contribution is -2.14. The second kappa shape index (κ2) is 9.20. The summed E-state index contributed by atoms with van der Waals surface area (Å²) in [5.74, 6) is 1.65. The van der Waals surface area contributed by atoms with Crippen molar-refractivity contribution >= 4 is 5.84 Å². The van der Waals surface area contributed by atoms with Gasteiger partial charge < -0.3 is 20.4 Å². The van der Waals surface area contributed by atoms with Crippen molar-refractivity contribution in [1.82, 2.24) is 0 Å². The summed E-state index contributed by atoms with van der Waals surface area (Å²) in [5.41, 5.74) is 6.42. The molecule has 0 heterocycles. The first kappa shape index (κ1) is 16.3. The predicted molar refractivity (Wildman–Crippen MR) is 79.3 cm³/mol. The number of benzene rings is 1. The SMILES string of the molecule is CC(C)CCOCCOc1ccc(CC(N)=NO)cc1. The van der Waals surface area contributed by atoms with Crippen molar-refractivity contribution in [3.63, 3.8) is 0 Å². The molecular weight excluding hydrogens is 256 g/mol. The molecule has 0 amide bonds. The number of nitrogens with zero attached hydrogens (tertiary/aromatic N) is 1. The van der Waals surface area contributed by atoms with Gasteiger partial charge >= 0.3 is 0 Å². The van der Waals surface area contributed by atoms with Gasteiger partial charge in [-0.25, -0.2) is 0 Å². The van der Waals surface area contributed by atoms with Crippen molar-refractivity contribution in [1.29, 1.82) is 0 Å². The first-order chi connectivity index (χ1) is 9.61. The zero-order chi connectivity index (χ0) is 14.8. The van der Waals surface area contributed by atoms with E-state index in [1.807, 2.05) is 24.3 Å². The Kier molecular flexibility index (Phi) is 7.50. The third-order valence-corrected chi connectivity index (χ3v) is 2.77. The Morgan fingerprint density at radius 3 is 2.50 bits per heavy atom. The molecule has 5 heteroatoms. The molecule has 1 rings (SSSR count). The summed E-state index contributed by atoms with van der Waals surface area (Å²) in [6.45, 7) is 6.27. The van der Waals surface area contributed by atoms with Crippen LogP contribution in [0, 0.1) is 5.92 Å². The van der Waals surface area contributed by atoms with Gasteiger partial charge in [0.1, 0.15) is 18.2 Å². The third-order valence-electron chi connectivity index (χ3n) is 2.77. The smallest absolute Gasteiger partial charge is 0.143 e. The Balaban J connectivity index is 2.21. The van der Waals surface area contributed by atoms with Gasteiger partial charge in [0.25, 0.3) is 0 Å². The first-order valence-corrected chi connectivity index (χ1v) is 6.87. The van der Waals surface area contributed by atoms with Crippen molar-refractivity contribution < 1.29 is 14.7 Å². The summed E-state index contributed by atoms with van der Waals surface area (Å²) in [6.07, 6.45) is 1.50. The van der Waals surface area contributed by atoms with E-state index in [1.165, 1.54) is 0 Å². The lowest BCUT2D eigenvalue weighted by molar-refractivity contribution is 0.0926. The molecule has 1 aromatic carbocycles. The van der Waals surface area contributed by atoms with Crippen molar-refractivity contribution in [2.75, 3.05) is 19.8 Å². The number of oxime groups is 1. The summed E-state index contributed by atoms with van der Waals surface area (Å²) >= 11 is 0. The van der Waals surface area contributed by atoms with Crippen LogP contribution in [0.15, 0.2) is 29.4 Å². The maximum Gasteiger partial charge on any atom is 0.143 e. The number of ether oxygens (including phenoxy) is 2. The highest BCUT2D eigenvalue weighted by atomic mass is 16.5. The van der Waals surface area contributed by atoms with Crippen molar-refractivity contribution in [2.45, 2.75) is 26.7 Å². The Bertz CT molecular complexity index is 402. The van der Waals surface area contributed by atoms with Crippen molar-refractivity contribution in [3.8, 4) is 5.75 Å². The molecule has 20 heavy (non-hydrogen) atoms. The monoisotopic (exact) mass is 280 g/mol. The summed E-state index contributed by atoms with van der Waals surface area (Å²) in [6, 6.07) is 7.53. The highest BCUT2D eigenvalue weighted by Crippen LogP contribution is 2.12. The van der Waals surface area contributed by atoms with Crippen LogP contribution in [0.4, 0.5) is 0 Å². The largest absolute Gasteiger partial charge is 0.491 e. The highest BCUT2D eigenvalue weighted by molar-refractivity contribution is 5.82. The lowest BCUT2D eigenvalue weighted by atomic mass is 10.1. The Morgan fingerprint density at radius 1 is 1.20 bits per heavy atom. The fourth-order valence-corrected chi connectivity index (χ4v) is 1.59. The minimum absolute atomic E-state index is 0.192. The van der Waals surface area contributed by atoms with Crippen LogP contribution < -0.4 is 10.5 Å². The summed E-state index contributed by atoms with van der Waals surface area (Å²) < 4.78 is 11.0. The topological polar surface area (TPSA) is 77.1 Å². The van der Waals surface area contributed by atoms with Crippen LogP contribution in [-0.2, 0) is 11.2 Å². The number of hydrogen-bond acceptors (Lipinski definition) is 4. The zero-order valence-electron chi connectivity index (χ0n) is 12.2. The second-order valence-electron chi connectivity index (χ2n) is 5.06. The maximum atomic E-state index is 8.50. The van der Waals surface area contributed by atoms with Crippen LogP contribution >= 0.6 is 0 Å². The van der Waals surface area contributed by atoms with E-state index < -0.39 is 0 Å². The third kappa shape index (κ3) is 6.99. The van der Waals surface area contributed by atoms with Gasteiger partial charge in [-0.3, -0.25) is 0 Å². The maximum absolute atomic E-state index is 8.50. The van der Waals surface area contributed by atoms with E-state index in [-0.39, 0.29) is 5.84 Å². The van der Waals surface area contributed by atoms with Crippen molar-refractivity contribution in [2.24, 2.45) is 16.8 Å². The molecule has 5 nitrogen and oxygen atoms in total. The van der Waals surface area contributed by atoms with Gasteiger partial charge in [-0.2, -0.15) is 0 Å². The van der Waals surface area contributed by atoms with Gasteiger partial charge in [0.2, 0.25) is 0 Å². The van der Waals surface area contributed by atoms with E-state index in [1.54, 1.807) is 0 Å². The van der Waals surface area contributed by atoms with E-state index >= 15 is 0 Å². The first-order valence-electron chi connectivity index (χ1n) is 6.87. The molecule has 0 aliphatic heterocycles. The van der Waals surface area contributed by atoms with Crippen molar-refractivity contribution in [3.05, 3.63) is 29.8 Å². The quantitative estimate of drug-likeness (QED) is 0.239. The normalized spacial score (nSPS) is 11.8. The van der Waals surface area contributed by atoms with Crippen LogP contribution in [0.2, 0.25) is 0 Å². The molecule has 0 fully saturated rings. The van der Waals surface area contributed by atoms with Gasteiger partial charge in [-0.05, 0) is 30.0 Å². The van der Waals surface area contributed by atoms with Crippen LogP contribution in [0.1, 0.15) is 25.8 Å². The number of nitrogens with two attached hydrogens (primary N) is 1. The minimum atomic E-state index is 0.192. The fourth-order valence-electron chi connectivity index (χ4n) is 1.59. The number of amidine groups is 1. The number of rotatable bonds is 9. The summed E-state index contributed by atoms with van der Waals surface area (Å²) in [5, 5.41) is 11.4. The molecule has 0 aromatic heterocycles. The van der Waals surface area contributed by atoms with E-state index in [0.717, 1.165) is 24.3 Å². The average molecular weight is 280 g/mol. The summed E-state index contributed by atoms with van der Waals surface area (Å²) in [4.78, 5) is 0. The molecule has 0 aliphatic rings. The second-order valence-corrected chi connectivity index (χ2v) is 5.06. The van der Waals surface area contributed by atoms with E-state index in [0.29, 0.717) is 25.6 Å². The molecule has 0 unspecified atom stereocenters. The molecular formula is C15H24N2O3. The lowest BCUT2D eigenvalue weighted by Gasteiger charge is -2.09. The van der Waals surface area contributed by atoms with Gasteiger partial charge in [-0.1, -0.05) is 31.1 Å². The Hall–Kier alpha value is -1.75. The zero-order valence-corrected chi connectivity index (χ0v) is 12.2. The molecule has 0 saturated carbocycles. The molecule has 1 aromatic rings. The summed E-state index contributed by atoms with van der Waals surface area (Å²) in [7, 11) is 0. The fraction of sp³-hybridized carbons (Fsp3) is 0.533. The molecule has 0 aliphatic carbocycles. The Labute approximate surface area is 120 Å². The molecule has 0 saturated heterocycles. The standard InChI is InChI=1S/C15H24N2O3/c1-12(2)7-8-19-9-10-20-14-5-3-13(4-6-14)11-15(16)17-18/h3-6,12,18H,7-11H2,1-2H3,(H2,16,17). The van der Waals surface area contributed by atoms with E-state index in [9.17, 15) is 0 Å². The molecule has 3 N–H and O–H groups in total. The average Bonchev–Trinajstić information content (AvgIpc) is 2.44. The molecule has 0 bridgehead atoms. The highest BCUT2D eigenvalue weighted by Gasteiger charge is 1.99. The molecule has 0 spiro atoms. The van der Waals surface area contributed by atoms with Crippen LogP contribution in [0.3, 0.4) is 0 Å². The van der Waals surface area contributed by atoms with Gasteiger partial charge in [0.05, 0.1) is 6.61 Å². The molecule has 112 valence electrons. The van der Waals surface area contributed by atoms with Crippen LogP contribution in [-0.4, -0.2) is 30.9 Å². The van der Waals surface area contributed by atoms with Gasteiger partial charge in [0.15, 0.2) is 0 Å². The van der Waals surface area contributed by atoms with Crippen LogP contribution in [0.25, 0.3) is 0 Å². The molecule has 0 atom stereocenters. The number of hydrogen-bond donors (Lipinski definition) is 2. The van der Waals surface area contributed by atoms with E-state index in [4.69, 9.17) is 20.4 Å².